The zero-order chi connectivity index (χ0) is 71.1. The first kappa shape index (κ1) is 88.9. The smallest absolute Gasteiger partial charge is 0.364 e. The third-order valence-electron chi connectivity index (χ3n) is 20.1. The fourth-order valence-electron chi connectivity index (χ4n) is 13.9. The quantitative estimate of drug-likeness (QED) is 0.0252. The Morgan fingerprint density at radius 3 is 1.29 bits per heavy atom. The number of hydrogen-bond acceptors (Lipinski definition) is 20. The lowest BCUT2D eigenvalue weighted by Crippen LogP contribution is -2.70. The molecule has 0 aromatic heterocycles. The van der Waals surface area contributed by atoms with Gasteiger partial charge in [-0.05, 0) is 12.8 Å². The Morgan fingerprint density at radius 2 is 0.897 bits per heavy atom. The molecule has 0 radical (unpaired) electrons. The molecule has 0 aromatic carbocycles. The van der Waals surface area contributed by atoms with Gasteiger partial charge in [0.25, 0.3) is 5.79 Å². The van der Waals surface area contributed by atoms with Gasteiger partial charge in [0.15, 0.2) is 12.6 Å². The van der Waals surface area contributed by atoms with Crippen molar-refractivity contribution in [3.63, 3.8) is 0 Å². The molecule has 3 fully saturated rings. The SMILES string of the molecule is CCCCCCCCCCCCCCCCCCCCCCCCCC(=O)NC(COC1OC(CO)C(OC2OC(CO)C(O)C(OC3(C(=O)O)CC(O)C(NC(C)=O)C(C(O)C(O)CO)O3)C2O)C(O)C1O)C(O)CCCCCCCCCCCCCCCCCCCCCC. The Morgan fingerprint density at radius 1 is 0.495 bits per heavy atom. The molecule has 23 heteroatoms. The van der Waals surface area contributed by atoms with Crippen LogP contribution in [0.4, 0.5) is 0 Å². The number of carboxylic acids is 1. The molecule has 572 valence electrons. The van der Waals surface area contributed by atoms with Crippen LogP contribution >= 0.6 is 0 Å². The van der Waals surface area contributed by atoms with Crippen molar-refractivity contribution in [1.82, 2.24) is 10.6 Å². The van der Waals surface area contributed by atoms with E-state index in [-0.39, 0.29) is 18.9 Å². The van der Waals surface area contributed by atoms with E-state index in [0.717, 1.165) is 51.9 Å². The van der Waals surface area contributed by atoms with E-state index in [2.05, 4.69) is 24.5 Å². The Hall–Kier alpha value is -2.27. The fraction of sp³-hybridized carbons (Fsp3) is 0.959. The molecule has 97 heavy (non-hydrogen) atoms. The van der Waals surface area contributed by atoms with Gasteiger partial charge in [0.1, 0.15) is 67.1 Å². The van der Waals surface area contributed by atoms with Crippen molar-refractivity contribution in [3.8, 4) is 0 Å². The summed E-state index contributed by atoms with van der Waals surface area (Å²) in [6.45, 7) is 2.26. The number of amides is 2. The molecule has 18 unspecified atom stereocenters. The van der Waals surface area contributed by atoms with E-state index in [9.17, 15) is 75.7 Å². The van der Waals surface area contributed by atoms with Crippen LogP contribution in [0.25, 0.3) is 0 Å². The molecule has 0 aliphatic carbocycles. The average Bonchev–Trinajstić information content (AvgIpc) is 0.757. The first-order valence-electron chi connectivity index (χ1n) is 38.9. The number of aliphatic hydroxyl groups excluding tert-OH is 11. The molecule has 2 amide bonds. The number of carbonyl (C=O) groups is 3. The van der Waals surface area contributed by atoms with Gasteiger partial charge < -0.3 is 100 Å². The van der Waals surface area contributed by atoms with Gasteiger partial charge in [0, 0.05) is 19.8 Å². The summed E-state index contributed by atoms with van der Waals surface area (Å²) in [7, 11) is 0. The van der Waals surface area contributed by atoms with Crippen LogP contribution in [-0.2, 0) is 42.8 Å². The number of unbranched alkanes of at least 4 members (excludes halogenated alkanes) is 41. The van der Waals surface area contributed by atoms with Crippen molar-refractivity contribution in [2.75, 3.05) is 26.4 Å². The van der Waals surface area contributed by atoms with Crippen LogP contribution in [0.5, 0.6) is 0 Å². The number of aliphatic carboxylic acids is 1. The van der Waals surface area contributed by atoms with Gasteiger partial charge in [-0.1, -0.05) is 284 Å². The summed E-state index contributed by atoms with van der Waals surface area (Å²) in [6, 6.07) is -2.53. The molecule has 18 atom stereocenters. The van der Waals surface area contributed by atoms with Gasteiger partial charge in [0.05, 0.1) is 50.7 Å². The fourth-order valence-corrected chi connectivity index (χ4v) is 13.9. The molecule has 0 saturated carbocycles. The molecule has 3 aliphatic rings. The summed E-state index contributed by atoms with van der Waals surface area (Å²) in [6.07, 6.45) is 25.2. The van der Waals surface area contributed by atoms with Gasteiger partial charge in [-0.25, -0.2) is 4.79 Å². The Labute approximate surface area is 582 Å². The maximum atomic E-state index is 13.5. The second-order valence-electron chi connectivity index (χ2n) is 28.6. The summed E-state index contributed by atoms with van der Waals surface area (Å²) < 4.78 is 35.0. The molecular formula is C74H140N2O21. The number of nitrogens with one attached hydrogen (secondary N) is 2. The predicted molar refractivity (Wildman–Crippen MR) is 371 cm³/mol. The van der Waals surface area contributed by atoms with Gasteiger partial charge in [0.2, 0.25) is 11.8 Å². The highest BCUT2D eigenvalue weighted by Gasteiger charge is 2.60. The van der Waals surface area contributed by atoms with Crippen LogP contribution < -0.4 is 10.6 Å². The number of carbonyl (C=O) groups excluding carboxylic acids is 2. The Kier molecular flexibility index (Phi) is 49.9. The topological polar surface area (TPSA) is 373 Å². The van der Waals surface area contributed by atoms with E-state index in [0.29, 0.717) is 19.3 Å². The third-order valence-corrected chi connectivity index (χ3v) is 20.1. The molecule has 0 aromatic rings. The third kappa shape index (κ3) is 35.7. The van der Waals surface area contributed by atoms with Crippen LogP contribution in [0.15, 0.2) is 0 Å². The molecule has 3 rings (SSSR count). The second-order valence-corrected chi connectivity index (χ2v) is 28.6. The summed E-state index contributed by atoms with van der Waals surface area (Å²) in [4.78, 5) is 38.7. The van der Waals surface area contributed by atoms with E-state index >= 15 is 0 Å². The molecule has 0 spiro atoms. The second kappa shape index (κ2) is 54.4. The van der Waals surface area contributed by atoms with Crippen LogP contribution in [0, 0.1) is 0 Å². The first-order valence-corrected chi connectivity index (χ1v) is 38.9. The van der Waals surface area contributed by atoms with E-state index in [4.69, 9.17) is 28.4 Å². The van der Waals surface area contributed by atoms with Crippen LogP contribution in [0.1, 0.15) is 316 Å². The number of ether oxygens (including phenoxy) is 6. The largest absolute Gasteiger partial charge is 0.477 e. The van der Waals surface area contributed by atoms with Gasteiger partial charge >= 0.3 is 5.97 Å². The molecule has 3 aliphatic heterocycles. The van der Waals surface area contributed by atoms with Crippen molar-refractivity contribution in [1.29, 1.82) is 0 Å². The lowest BCUT2D eigenvalue weighted by atomic mass is 9.88. The Bertz CT molecular complexity index is 1950. The maximum Gasteiger partial charge on any atom is 0.364 e. The minimum atomic E-state index is -3.08. The maximum absolute atomic E-state index is 13.5. The highest BCUT2D eigenvalue weighted by Crippen LogP contribution is 2.39. The molecular weight excluding hydrogens is 1250 g/mol. The van der Waals surface area contributed by atoms with Crippen molar-refractivity contribution in [2.24, 2.45) is 0 Å². The normalized spacial score (nSPS) is 27.3. The van der Waals surface area contributed by atoms with Crippen LogP contribution in [0.2, 0.25) is 0 Å². The standard InChI is InChI=1S/C74H140N2O21/c1-4-6-8-10-12-14-16-18-20-22-24-26-27-28-30-32-34-36-38-40-42-44-46-48-61(84)76-55(56(81)47-45-43-41-39-37-35-33-31-29-25-23-21-19-17-15-13-11-9-7-5-2)53-92-71-66(88)65(87)68(60(52-79)94-71)95-72-67(89)70(64(86)59(51-78)93-72)97-74(73(90)91)49-57(82)62(75-54(3)80)69(96-74)63(85)58(83)50-77/h55-60,62-72,77-79,81-83,85-89H,4-53H2,1-3H3,(H,75,80)(H,76,84)(H,90,91). The van der Waals surface area contributed by atoms with E-state index in [1.54, 1.807) is 0 Å². The zero-order valence-electron chi connectivity index (χ0n) is 60.2. The van der Waals surface area contributed by atoms with Crippen molar-refractivity contribution in [2.45, 2.75) is 426 Å². The predicted octanol–water partition coefficient (Wildman–Crippen LogP) is 9.24. The van der Waals surface area contributed by atoms with Crippen molar-refractivity contribution >= 4 is 17.8 Å². The number of rotatable bonds is 61. The van der Waals surface area contributed by atoms with Gasteiger partial charge in [-0.15, -0.1) is 0 Å². The van der Waals surface area contributed by atoms with E-state index < -0.39 is 148 Å². The lowest BCUT2D eigenvalue weighted by Gasteiger charge is -2.50. The average molecular weight is 1390 g/mol. The van der Waals surface area contributed by atoms with Crippen LogP contribution in [0.3, 0.4) is 0 Å². The molecule has 23 nitrogen and oxygen atoms in total. The first-order chi connectivity index (χ1) is 46.9. The summed E-state index contributed by atoms with van der Waals surface area (Å²) >= 11 is 0. The monoisotopic (exact) mass is 1390 g/mol. The zero-order valence-corrected chi connectivity index (χ0v) is 60.2. The Balaban J connectivity index is 1.54. The molecule has 3 heterocycles. The number of aliphatic hydroxyl groups is 11. The molecule has 14 N–H and O–H groups in total. The van der Waals surface area contributed by atoms with Gasteiger partial charge in [-0.2, -0.15) is 0 Å². The van der Waals surface area contributed by atoms with Crippen molar-refractivity contribution < 1.29 is 104 Å². The summed E-state index contributed by atoms with van der Waals surface area (Å²) in [5, 5.41) is 136. The summed E-state index contributed by atoms with van der Waals surface area (Å²) in [5.41, 5.74) is 0. The van der Waals surface area contributed by atoms with Crippen molar-refractivity contribution in [3.05, 3.63) is 0 Å². The molecule has 3 saturated heterocycles. The van der Waals surface area contributed by atoms with E-state index in [1.165, 1.54) is 218 Å². The minimum absolute atomic E-state index is 0.230. The van der Waals surface area contributed by atoms with E-state index in [1.807, 2.05) is 0 Å². The minimum Gasteiger partial charge on any atom is -0.477 e. The highest BCUT2D eigenvalue weighted by atomic mass is 16.8. The summed E-state index contributed by atoms with van der Waals surface area (Å²) in [5.74, 6) is -6.09. The molecule has 0 bridgehead atoms. The lowest BCUT2D eigenvalue weighted by molar-refractivity contribution is -0.386. The number of carboxylic acid groups (broad SMARTS) is 1. The number of hydrogen-bond donors (Lipinski definition) is 14. The van der Waals surface area contributed by atoms with Crippen LogP contribution in [-0.4, -0.2) is 215 Å². The highest BCUT2D eigenvalue weighted by molar-refractivity contribution is 5.77. The van der Waals surface area contributed by atoms with Gasteiger partial charge in [-0.3, -0.25) is 9.59 Å².